The highest BCUT2D eigenvalue weighted by atomic mass is 15.2. The van der Waals surface area contributed by atoms with Crippen molar-refractivity contribution in [3.8, 4) is 0 Å². The van der Waals surface area contributed by atoms with Crippen LogP contribution in [-0.4, -0.2) is 0 Å². The molecule has 9 heavy (non-hydrogen) atoms. The van der Waals surface area contributed by atoms with Gasteiger partial charge in [0.25, 0.3) is 0 Å². The summed E-state index contributed by atoms with van der Waals surface area (Å²) in [5.41, 5.74) is 4.74. The minimum absolute atomic E-state index is 0.977. The van der Waals surface area contributed by atoms with E-state index in [1.165, 1.54) is 5.57 Å². The van der Waals surface area contributed by atoms with Gasteiger partial charge in [-0.05, 0) is 26.8 Å². The van der Waals surface area contributed by atoms with Crippen LogP contribution in [0, 0.1) is 0 Å². The Hall–Kier alpha value is -0.760. The number of nitrogens with two attached hydrogens (primary N) is 1. The van der Waals surface area contributed by atoms with E-state index >= 15 is 0 Å². The van der Waals surface area contributed by atoms with Gasteiger partial charge in [-0.15, -0.1) is 0 Å². The van der Waals surface area contributed by atoms with Gasteiger partial charge in [0.1, 0.15) is 0 Å². The van der Waals surface area contributed by atoms with E-state index in [1.807, 2.05) is 32.9 Å². The lowest BCUT2D eigenvalue weighted by Gasteiger charge is -1.96. The van der Waals surface area contributed by atoms with Crippen LogP contribution >= 0.6 is 0 Å². The Morgan fingerprint density at radius 2 is 2.00 bits per heavy atom. The van der Waals surface area contributed by atoms with E-state index < -0.39 is 0 Å². The third-order valence-corrected chi connectivity index (χ3v) is 1.13. The third-order valence-electron chi connectivity index (χ3n) is 1.13. The van der Waals surface area contributed by atoms with Gasteiger partial charge in [0.05, 0.1) is 0 Å². The molecule has 0 amide bonds. The summed E-state index contributed by atoms with van der Waals surface area (Å²) in [4.78, 5) is 0. The van der Waals surface area contributed by atoms with Gasteiger partial charge in [-0.1, -0.05) is 11.6 Å². The third kappa shape index (κ3) is 3.79. The quantitative estimate of drug-likeness (QED) is 0.332. The first-order valence-electron chi connectivity index (χ1n) is 2.98. The fraction of sp³-hybridized carbons (Fsp3) is 0.429. The zero-order valence-electron chi connectivity index (χ0n) is 6.23. The van der Waals surface area contributed by atoms with Crippen molar-refractivity contribution < 1.29 is 0 Å². The maximum atomic E-state index is 5.13. The van der Waals surface area contributed by atoms with Crippen LogP contribution in [-0.2, 0) is 0 Å². The van der Waals surface area contributed by atoms with E-state index in [-0.39, 0.29) is 0 Å². The Bertz CT molecular complexity index is 134. The molecule has 0 saturated carbocycles. The summed E-state index contributed by atoms with van der Waals surface area (Å²) in [6, 6.07) is 0. The lowest BCUT2D eigenvalue weighted by Crippen LogP contribution is -2.18. The molecule has 0 spiro atoms. The molecular weight excluding hydrogens is 112 g/mol. The minimum atomic E-state index is 0.977. The second kappa shape index (κ2) is 4.15. The van der Waals surface area contributed by atoms with Gasteiger partial charge in [0.15, 0.2) is 0 Å². The summed E-state index contributed by atoms with van der Waals surface area (Å²) in [6.07, 6.45) is 4.01. The molecule has 0 aliphatic heterocycles. The molecule has 0 aliphatic carbocycles. The first kappa shape index (κ1) is 8.24. The van der Waals surface area contributed by atoms with Crippen molar-refractivity contribution in [3.63, 3.8) is 0 Å². The second-order valence-electron chi connectivity index (χ2n) is 2.00. The Balaban J connectivity index is 3.95. The average molecular weight is 126 g/mol. The summed E-state index contributed by atoms with van der Waals surface area (Å²) in [6.45, 7) is 5.95. The predicted octanol–water partition coefficient (Wildman–Crippen LogP) is 1.32. The van der Waals surface area contributed by atoms with Crippen LogP contribution in [0.4, 0.5) is 0 Å². The van der Waals surface area contributed by atoms with Gasteiger partial charge in [-0.3, -0.25) is 5.84 Å². The van der Waals surface area contributed by atoms with Gasteiger partial charge >= 0.3 is 0 Å². The Morgan fingerprint density at radius 3 is 2.33 bits per heavy atom. The van der Waals surface area contributed by atoms with Crippen LogP contribution in [0.15, 0.2) is 23.4 Å². The van der Waals surface area contributed by atoms with Crippen molar-refractivity contribution in [1.82, 2.24) is 5.43 Å². The molecule has 0 aromatic rings. The van der Waals surface area contributed by atoms with E-state index in [9.17, 15) is 0 Å². The molecule has 2 nitrogen and oxygen atoms in total. The fourth-order valence-corrected chi connectivity index (χ4v) is 0.467. The van der Waals surface area contributed by atoms with Crippen molar-refractivity contribution in [2.45, 2.75) is 20.8 Å². The normalized spacial score (nSPS) is 13.8. The van der Waals surface area contributed by atoms with Gasteiger partial charge < -0.3 is 5.43 Å². The zero-order chi connectivity index (χ0) is 7.28. The first-order valence-corrected chi connectivity index (χ1v) is 2.98. The highest BCUT2D eigenvalue weighted by Crippen LogP contribution is 1.96. The largest absolute Gasteiger partial charge is 0.329 e. The lowest BCUT2D eigenvalue weighted by atomic mass is 10.2. The Kier molecular flexibility index (Phi) is 3.80. The zero-order valence-corrected chi connectivity index (χ0v) is 6.23. The van der Waals surface area contributed by atoms with Crippen LogP contribution < -0.4 is 11.3 Å². The molecule has 0 aliphatic rings. The molecule has 3 N–H and O–H groups in total. The predicted molar refractivity (Wildman–Crippen MR) is 40.5 cm³/mol. The SMILES string of the molecule is C/C=C(C)\C=C(\C)NN. The lowest BCUT2D eigenvalue weighted by molar-refractivity contribution is 0.884. The van der Waals surface area contributed by atoms with Crippen molar-refractivity contribution in [3.05, 3.63) is 23.4 Å². The molecule has 0 unspecified atom stereocenters. The Morgan fingerprint density at radius 1 is 1.44 bits per heavy atom. The van der Waals surface area contributed by atoms with Crippen molar-refractivity contribution in [2.75, 3.05) is 0 Å². The van der Waals surface area contributed by atoms with Crippen molar-refractivity contribution >= 4 is 0 Å². The molecule has 2 heteroatoms. The van der Waals surface area contributed by atoms with Crippen molar-refractivity contribution in [2.24, 2.45) is 5.84 Å². The molecule has 0 rings (SSSR count). The fourth-order valence-electron chi connectivity index (χ4n) is 0.467. The van der Waals surface area contributed by atoms with Crippen molar-refractivity contribution in [1.29, 1.82) is 0 Å². The first-order chi connectivity index (χ1) is 4.20. The summed E-state index contributed by atoms with van der Waals surface area (Å²) < 4.78 is 0. The smallest absolute Gasteiger partial charge is 0.0230 e. The monoisotopic (exact) mass is 126 g/mol. The maximum absolute atomic E-state index is 5.13. The van der Waals surface area contributed by atoms with Gasteiger partial charge in [-0.2, -0.15) is 0 Å². The summed E-state index contributed by atoms with van der Waals surface area (Å²) >= 11 is 0. The Labute approximate surface area is 56.4 Å². The molecule has 0 aromatic heterocycles. The van der Waals surface area contributed by atoms with Crippen LogP contribution in [0.3, 0.4) is 0 Å². The number of allylic oxidation sites excluding steroid dienone is 4. The molecular formula is C7H14N2. The summed E-state index contributed by atoms with van der Waals surface area (Å²) in [5, 5.41) is 0. The summed E-state index contributed by atoms with van der Waals surface area (Å²) in [7, 11) is 0. The number of rotatable bonds is 2. The minimum Gasteiger partial charge on any atom is -0.329 e. The molecule has 0 saturated heterocycles. The van der Waals surface area contributed by atoms with E-state index in [2.05, 4.69) is 5.43 Å². The van der Waals surface area contributed by atoms with Crippen LogP contribution in [0.1, 0.15) is 20.8 Å². The number of hydrogen-bond acceptors (Lipinski definition) is 2. The van der Waals surface area contributed by atoms with Gasteiger partial charge in [0, 0.05) is 5.70 Å². The van der Waals surface area contributed by atoms with Gasteiger partial charge in [0.2, 0.25) is 0 Å². The van der Waals surface area contributed by atoms with E-state index in [0.717, 1.165) is 5.70 Å². The standard InChI is InChI=1S/C7H14N2/c1-4-6(2)5-7(3)9-8/h4-5,9H,8H2,1-3H3/b6-4-,7-5-. The maximum Gasteiger partial charge on any atom is 0.0230 e. The average Bonchev–Trinajstić information content (AvgIpc) is 1.87. The molecule has 0 atom stereocenters. The van der Waals surface area contributed by atoms with Crippen LogP contribution in [0.25, 0.3) is 0 Å². The summed E-state index contributed by atoms with van der Waals surface area (Å²) in [5.74, 6) is 5.13. The molecule has 0 fully saturated rings. The number of nitrogens with one attached hydrogen (secondary N) is 1. The van der Waals surface area contributed by atoms with Crippen LogP contribution in [0.5, 0.6) is 0 Å². The number of hydrogen-bond donors (Lipinski definition) is 2. The molecule has 0 radical (unpaired) electrons. The highest BCUT2D eigenvalue weighted by molar-refractivity contribution is 5.18. The van der Waals surface area contributed by atoms with Gasteiger partial charge in [-0.25, -0.2) is 0 Å². The van der Waals surface area contributed by atoms with Crippen LogP contribution in [0.2, 0.25) is 0 Å². The molecule has 52 valence electrons. The van der Waals surface area contributed by atoms with E-state index in [4.69, 9.17) is 5.84 Å². The topological polar surface area (TPSA) is 38.0 Å². The number of hydrazine groups is 1. The van der Waals surface area contributed by atoms with E-state index in [0.29, 0.717) is 0 Å². The molecule has 0 aromatic carbocycles. The van der Waals surface area contributed by atoms with E-state index in [1.54, 1.807) is 0 Å². The molecule has 0 bridgehead atoms. The second-order valence-corrected chi connectivity index (χ2v) is 2.00. The highest BCUT2D eigenvalue weighted by Gasteiger charge is 1.81. The molecule has 0 heterocycles.